The van der Waals surface area contributed by atoms with Gasteiger partial charge < -0.3 is 19.8 Å². The molecule has 172 valence electrons. The van der Waals surface area contributed by atoms with Crippen molar-refractivity contribution >= 4 is 16.7 Å². The second-order valence-corrected chi connectivity index (χ2v) is 8.90. The third kappa shape index (κ3) is 4.57. The van der Waals surface area contributed by atoms with Gasteiger partial charge in [-0.3, -0.25) is 9.48 Å². The zero-order chi connectivity index (χ0) is 22.8. The predicted molar refractivity (Wildman–Crippen MR) is 130 cm³/mol. The highest BCUT2D eigenvalue weighted by molar-refractivity contribution is 5.86. The Hall–Kier alpha value is -3.39. The number of nitrogens with one attached hydrogen (secondary N) is 2. The molecule has 4 aromatic rings. The van der Waals surface area contributed by atoms with Crippen LogP contribution in [0.3, 0.4) is 0 Å². The average molecular weight is 446 g/mol. The van der Waals surface area contributed by atoms with Crippen molar-refractivity contribution in [3.63, 3.8) is 0 Å². The third-order valence-corrected chi connectivity index (χ3v) is 6.41. The van der Waals surface area contributed by atoms with Crippen LogP contribution in [0.2, 0.25) is 0 Å². The number of hydrogen-bond donors (Lipinski definition) is 2. The van der Waals surface area contributed by atoms with Gasteiger partial charge in [-0.15, -0.1) is 0 Å². The summed E-state index contributed by atoms with van der Waals surface area (Å²) in [4.78, 5) is 17.3. The highest BCUT2D eigenvalue weighted by Gasteiger charge is 2.21. The molecule has 8 heteroatoms. The van der Waals surface area contributed by atoms with Crippen LogP contribution in [0.1, 0.15) is 30.3 Å². The molecule has 4 heterocycles. The average Bonchev–Trinajstić information content (AvgIpc) is 3.39. The van der Waals surface area contributed by atoms with Crippen molar-refractivity contribution in [2.24, 2.45) is 7.05 Å². The zero-order valence-corrected chi connectivity index (χ0v) is 19.3. The first-order valence-electron chi connectivity index (χ1n) is 11.7. The van der Waals surface area contributed by atoms with Crippen LogP contribution in [-0.2, 0) is 39.5 Å². The Morgan fingerprint density at radius 1 is 1.21 bits per heavy atom. The van der Waals surface area contributed by atoms with Gasteiger partial charge in [0.1, 0.15) is 5.82 Å². The molecule has 1 aromatic carbocycles. The second kappa shape index (κ2) is 9.23. The standard InChI is InChI=1S/C25H31N7O/c1-18-6-7-20-21(28-18)8-9-22-25(20)29-23(10-13-31-12-4-3-5-24(31)33)32(22)14-11-26-15-19-16-27-30(2)17-19/h3-5,8-9,12,16-18,26,28H,6-7,10-11,13-15H2,1-2H3/t18-/m0/s1. The summed E-state index contributed by atoms with van der Waals surface area (Å²) in [5.41, 5.74) is 5.97. The number of fused-ring (bicyclic) bond motifs is 3. The normalized spacial score (nSPS) is 15.5. The fourth-order valence-electron chi connectivity index (χ4n) is 4.67. The molecule has 0 fully saturated rings. The number of anilines is 1. The molecule has 1 aliphatic heterocycles. The van der Waals surface area contributed by atoms with Gasteiger partial charge in [-0.25, -0.2) is 4.98 Å². The molecule has 33 heavy (non-hydrogen) atoms. The maximum absolute atomic E-state index is 12.2. The van der Waals surface area contributed by atoms with E-state index in [0.717, 1.165) is 43.8 Å². The first kappa shape index (κ1) is 21.5. The Bertz CT molecular complexity index is 1320. The third-order valence-electron chi connectivity index (χ3n) is 6.41. The summed E-state index contributed by atoms with van der Waals surface area (Å²) < 4.78 is 5.89. The quantitative estimate of drug-likeness (QED) is 0.408. The van der Waals surface area contributed by atoms with Crippen LogP contribution in [0.5, 0.6) is 0 Å². The monoisotopic (exact) mass is 445 g/mol. The Morgan fingerprint density at radius 2 is 2.12 bits per heavy atom. The highest BCUT2D eigenvalue weighted by atomic mass is 16.1. The summed E-state index contributed by atoms with van der Waals surface area (Å²) in [6, 6.07) is 10.1. The lowest BCUT2D eigenvalue weighted by Gasteiger charge is -2.24. The lowest BCUT2D eigenvalue weighted by molar-refractivity contribution is 0.568. The van der Waals surface area contributed by atoms with Crippen LogP contribution in [-0.4, -0.2) is 36.5 Å². The van der Waals surface area contributed by atoms with Crippen molar-refractivity contribution in [2.45, 2.75) is 51.9 Å². The smallest absolute Gasteiger partial charge is 0.250 e. The van der Waals surface area contributed by atoms with Gasteiger partial charge in [0.05, 0.1) is 17.2 Å². The van der Waals surface area contributed by atoms with E-state index in [1.165, 1.54) is 22.3 Å². The van der Waals surface area contributed by atoms with Gasteiger partial charge in [0, 0.05) is 81.0 Å². The minimum atomic E-state index is 0.0221. The molecule has 3 aromatic heterocycles. The minimum Gasteiger partial charge on any atom is -0.382 e. The molecule has 0 bridgehead atoms. The topological polar surface area (TPSA) is 81.7 Å². The fraction of sp³-hybridized carbons (Fsp3) is 0.400. The Morgan fingerprint density at radius 3 is 2.94 bits per heavy atom. The van der Waals surface area contributed by atoms with E-state index >= 15 is 0 Å². The fourth-order valence-corrected chi connectivity index (χ4v) is 4.67. The molecule has 5 rings (SSSR count). The van der Waals surface area contributed by atoms with Crippen molar-refractivity contribution in [1.82, 2.24) is 29.2 Å². The first-order chi connectivity index (χ1) is 16.1. The summed E-state index contributed by atoms with van der Waals surface area (Å²) in [6.07, 6.45) is 8.62. The summed E-state index contributed by atoms with van der Waals surface area (Å²) in [7, 11) is 1.93. The van der Waals surface area contributed by atoms with Gasteiger partial charge in [-0.1, -0.05) is 6.07 Å². The Kier molecular flexibility index (Phi) is 6.00. The Labute approximate surface area is 193 Å². The van der Waals surface area contributed by atoms with E-state index in [4.69, 9.17) is 4.98 Å². The van der Waals surface area contributed by atoms with E-state index in [2.05, 4.69) is 39.4 Å². The van der Waals surface area contributed by atoms with E-state index < -0.39 is 0 Å². The molecule has 0 aliphatic carbocycles. The summed E-state index contributed by atoms with van der Waals surface area (Å²) in [5, 5.41) is 11.4. The molecule has 0 amide bonds. The number of pyridine rings is 1. The molecule has 1 aliphatic rings. The highest BCUT2D eigenvalue weighted by Crippen LogP contribution is 2.32. The van der Waals surface area contributed by atoms with E-state index in [1.807, 2.05) is 36.4 Å². The van der Waals surface area contributed by atoms with E-state index in [-0.39, 0.29) is 5.56 Å². The van der Waals surface area contributed by atoms with E-state index in [0.29, 0.717) is 19.0 Å². The van der Waals surface area contributed by atoms with Crippen LogP contribution >= 0.6 is 0 Å². The van der Waals surface area contributed by atoms with Gasteiger partial charge in [-0.2, -0.15) is 5.10 Å². The molecule has 0 spiro atoms. The van der Waals surface area contributed by atoms with Gasteiger partial charge in [0.25, 0.3) is 5.56 Å². The summed E-state index contributed by atoms with van der Waals surface area (Å²) >= 11 is 0. The van der Waals surface area contributed by atoms with Crippen LogP contribution < -0.4 is 16.2 Å². The van der Waals surface area contributed by atoms with Crippen LogP contribution in [0, 0.1) is 0 Å². The van der Waals surface area contributed by atoms with E-state index in [1.54, 1.807) is 16.7 Å². The van der Waals surface area contributed by atoms with Crippen LogP contribution in [0.25, 0.3) is 11.0 Å². The lowest BCUT2D eigenvalue weighted by Crippen LogP contribution is -2.22. The van der Waals surface area contributed by atoms with Crippen molar-refractivity contribution in [2.75, 3.05) is 11.9 Å². The van der Waals surface area contributed by atoms with Gasteiger partial charge >= 0.3 is 0 Å². The number of imidazole rings is 1. The van der Waals surface area contributed by atoms with Gasteiger partial charge in [-0.05, 0) is 38.0 Å². The number of hydrogen-bond acceptors (Lipinski definition) is 5. The van der Waals surface area contributed by atoms with E-state index in [9.17, 15) is 4.79 Å². The van der Waals surface area contributed by atoms with Gasteiger partial charge in [0.15, 0.2) is 0 Å². The number of aromatic nitrogens is 5. The van der Waals surface area contributed by atoms with Crippen molar-refractivity contribution < 1.29 is 0 Å². The summed E-state index contributed by atoms with van der Waals surface area (Å²) in [6.45, 7) is 5.27. The first-order valence-corrected chi connectivity index (χ1v) is 11.7. The van der Waals surface area contributed by atoms with Crippen molar-refractivity contribution in [3.05, 3.63) is 76.2 Å². The van der Waals surface area contributed by atoms with Crippen molar-refractivity contribution in [3.8, 4) is 0 Å². The minimum absolute atomic E-state index is 0.0221. The Balaban J connectivity index is 1.40. The second-order valence-electron chi connectivity index (χ2n) is 8.90. The largest absolute Gasteiger partial charge is 0.382 e. The molecule has 8 nitrogen and oxygen atoms in total. The summed E-state index contributed by atoms with van der Waals surface area (Å²) in [5.74, 6) is 1.02. The molecule has 0 radical (unpaired) electrons. The van der Waals surface area contributed by atoms with Crippen LogP contribution in [0.15, 0.2) is 53.7 Å². The van der Waals surface area contributed by atoms with Gasteiger partial charge in [0.2, 0.25) is 0 Å². The molecular formula is C25H31N7O. The molecule has 2 N–H and O–H groups in total. The molecule has 0 unspecified atom stereocenters. The number of rotatable bonds is 8. The number of aryl methyl sites for hydroxylation is 4. The lowest BCUT2D eigenvalue weighted by atomic mass is 9.98. The SMILES string of the molecule is C[C@H]1CCc2c(ccc3c2nc(CCn2ccccc2=O)n3CCNCc2cnn(C)c2)N1. The maximum atomic E-state index is 12.2. The number of benzene rings is 1. The molecule has 0 saturated heterocycles. The molecule has 1 atom stereocenters. The van der Waals surface area contributed by atoms with Crippen LogP contribution in [0.4, 0.5) is 5.69 Å². The molecule has 0 saturated carbocycles. The predicted octanol–water partition coefficient (Wildman–Crippen LogP) is 2.71. The number of nitrogens with zero attached hydrogens (tertiary/aromatic N) is 5. The maximum Gasteiger partial charge on any atom is 0.250 e. The zero-order valence-electron chi connectivity index (χ0n) is 19.3. The van der Waals surface area contributed by atoms with Crippen molar-refractivity contribution in [1.29, 1.82) is 0 Å². The molecular weight excluding hydrogens is 414 g/mol.